The number of nitrogens with zero attached hydrogens (tertiary/aromatic N) is 6. The number of piperazine rings is 1. The summed E-state index contributed by atoms with van der Waals surface area (Å²) < 4.78 is 6.76. The van der Waals surface area contributed by atoms with Gasteiger partial charge in [0, 0.05) is 67.3 Å². The molecule has 2 aliphatic heterocycles. The second-order valence-electron chi connectivity index (χ2n) is 7.21. The summed E-state index contributed by atoms with van der Waals surface area (Å²) in [4.78, 5) is 21.2. The highest BCUT2D eigenvalue weighted by Gasteiger charge is 2.22. The van der Waals surface area contributed by atoms with Crippen LogP contribution in [0.5, 0.6) is 0 Å². The van der Waals surface area contributed by atoms with Crippen LogP contribution in [-0.4, -0.2) is 67.4 Å². The van der Waals surface area contributed by atoms with Gasteiger partial charge in [0.1, 0.15) is 11.6 Å². The lowest BCUT2D eigenvalue weighted by Crippen LogP contribution is -2.47. The van der Waals surface area contributed by atoms with E-state index in [-0.39, 0.29) is 0 Å². The number of rotatable bonds is 3. The summed E-state index contributed by atoms with van der Waals surface area (Å²) in [7, 11) is 0. The average Bonchev–Trinajstić information content (AvgIpc) is 3.23. The molecule has 0 aromatic carbocycles. The van der Waals surface area contributed by atoms with E-state index in [0.717, 1.165) is 75.8 Å². The standard InChI is InChI=1S/C20H24N6OS/c1-15-14-18(23-20(22-15)26-9-11-27-12-10-26)24-5-7-25(8-6-24)19-16-3-13-28-17(16)2-4-21-19/h2-4,13-14H,5-12H2,1H3. The summed E-state index contributed by atoms with van der Waals surface area (Å²) >= 11 is 1.77. The van der Waals surface area contributed by atoms with Crippen molar-refractivity contribution < 1.29 is 4.74 Å². The Morgan fingerprint density at radius 3 is 2.54 bits per heavy atom. The van der Waals surface area contributed by atoms with Crippen molar-refractivity contribution in [2.75, 3.05) is 67.2 Å². The van der Waals surface area contributed by atoms with E-state index in [1.54, 1.807) is 11.3 Å². The minimum absolute atomic E-state index is 0.742. The molecule has 3 aromatic rings. The molecule has 5 rings (SSSR count). The first-order valence-electron chi connectivity index (χ1n) is 9.78. The van der Waals surface area contributed by atoms with Gasteiger partial charge < -0.3 is 19.4 Å². The fourth-order valence-electron chi connectivity index (χ4n) is 3.88. The zero-order valence-corrected chi connectivity index (χ0v) is 16.9. The number of pyridine rings is 1. The summed E-state index contributed by atoms with van der Waals surface area (Å²) in [6, 6.07) is 6.37. The maximum absolute atomic E-state index is 5.46. The van der Waals surface area contributed by atoms with Gasteiger partial charge in [-0.1, -0.05) is 0 Å². The molecule has 2 saturated heterocycles. The van der Waals surface area contributed by atoms with Crippen LogP contribution in [0.3, 0.4) is 0 Å². The molecule has 0 radical (unpaired) electrons. The van der Waals surface area contributed by atoms with Crippen molar-refractivity contribution in [1.82, 2.24) is 15.0 Å². The van der Waals surface area contributed by atoms with E-state index in [2.05, 4.69) is 48.2 Å². The third-order valence-corrected chi connectivity index (χ3v) is 6.27. The van der Waals surface area contributed by atoms with Crippen LogP contribution in [-0.2, 0) is 4.74 Å². The summed E-state index contributed by atoms with van der Waals surface area (Å²) in [5.74, 6) is 2.95. The summed E-state index contributed by atoms with van der Waals surface area (Å²) in [5.41, 5.74) is 1.01. The number of ether oxygens (including phenoxy) is 1. The Morgan fingerprint density at radius 2 is 1.71 bits per heavy atom. The Bertz CT molecular complexity index is 962. The number of morpholine rings is 1. The molecule has 0 unspecified atom stereocenters. The van der Waals surface area contributed by atoms with Gasteiger partial charge in [0.05, 0.1) is 13.2 Å². The van der Waals surface area contributed by atoms with Crippen molar-refractivity contribution in [3.05, 3.63) is 35.5 Å². The molecule has 3 aromatic heterocycles. The number of aromatic nitrogens is 3. The Hall–Kier alpha value is -2.45. The van der Waals surface area contributed by atoms with Crippen LogP contribution in [0.25, 0.3) is 10.1 Å². The van der Waals surface area contributed by atoms with Crippen molar-refractivity contribution in [3.8, 4) is 0 Å². The van der Waals surface area contributed by atoms with E-state index in [1.807, 2.05) is 13.1 Å². The minimum atomic E-state index is 0.742. The normalized spacial score (nSPS) is 18.1. The van der Waals surface area contributed by atoms with E-state index in [4.69, 9.17) is 9.72 Å². The molecule has 0 bridgehead atoms. The van der Waals surface area contributed by atoms with Crippen molar-refractivity contribution in [2.24, 2.45) is 0 Å². The highest BCUT2D eigenvalue weighted by atomic mass is 32.1. The molecule has 0 atom stereocenters. The number of anilines is 3. The minimum Gasteiger partial charge on any atom is -0.378 e. The van der Waals surface area contributed by atoms with Crippen LogP contribution in [0.1, 0.15) is 5.69 Å². The van der Waals surface area contributed by atoms with Gasteiger partial charge in [-0.15, -0.1) is 11.3 Å². The van der Waals surface area contributed by atoms with Gasteiger partial charge in [-0.05, 0) is 24.4 Å². The molecular formula is C20H24N6OS. The van der Waals surface area contributed by atoms with Crippen LogP contribution in [0.2, 0.25) is 0 Å². The van der Waals surface area contributed by atoms with E-state index in [0.29, 0.717) is 0 Å². The van der Waals surface area contributed by atoms with Gasteiger partial charge >= 0.3 is 0 Å². The van der Waals surface area contributed by atoms with Crippen LogP contribution < -0.4 is 14.7 Å². The lowest BCUT2D eigenvalue weighted by atomic mass is 10.2. The quantitative estimate of drug-likeness (QED) is 0.674. The molecule has 5 heterocycles. The third-order valence-electron chi connectivity index (χ3n) is 5.38. The highest BCUT2D eigenvalue weighted by molar-refractivity contribution is 7.17. The van der Waals surface area contributed by atoms with Crippen LogP contribution in [0.15, 0.2) is 29.8 Å². The molecule has 0 saturated carbocycles. The fraction of sp³-hybridized carbons (Fsp3) is 0.450. The van der Waals surface area contributed by atoms with Gasteiger partial charge in [0.25, 0.3) is 0 Å². The molecular weight excluding hydrogens is 372 g/mol. The molecule has 2 aliphatic rings. The lowest BCUT2D eigenvalue weighted by molar-refractivity contribution is 0.122. The predicted molar refractivity (Wildman–Crippen MR) is 114 cm³/mol. The Labute approximate surface area is 168 Å². The first-order chi connectivity index (χ1) is 13.8. The smallest absolute Gasteiger partial charge is 0.227 e. The third kappa shape index (κ3) is 3.38. The summed E-state index contributed by atoms with van der Waals surface area (Å²) in [6.45, 7) is 8.99. The zero-order valence-electron chi connectivity index (χ0n) is 16.0. The van der Waals surface area contributed by atoms with Crippen molar-refractivity contribution >= 4 is 39.0 Å². The van der Waals surface area contributed by atoms with Crippen molar-refractivity contribution in [1.29, 1.82) is 0 Å². The molecule has 28 heavy (non-hydrogen) atoms. The van der Waals surface area contributed by atoms with E-state index in [1.165, 1.54) is 10.1 Å². The van der Waals surface area contributed by atoms with Crippen LogP contribution in [0, 0.1) is 6.92 Å². The van der Waals surface area contributed by atoms with Gasteiger partial charge in [0.15, 0.2) is 0 Å². The van der Waals surface area contributed by atoms with Gasteiger partial charge in [-0.3, -0.25) is 0 Å². The molecule has 0 aliphatic carbocycles. The lowest BCUT2D eigenvalue weighted by Gasteiger charge is -2.37. The number of fused-ring (bicyclic) bond motifs is 1. The molecule has 7 nitrogen and oxygen atoms in total. The van der Waals surface area contributed by atoms with Crippen molar-refractivity contribution in [2.45, 2.75) is 6.92 Å². The number of hydrogen-bond acceptors (Lipinski definition) is 8. The molecule has 8 heteroatoms. The molecule has 0 amide bonds. The molecule has 146 valence electrons. The second kappa shape index (κ2) is 7.52. The predicted octanol–water partition coefficient (Wildman–Crippen LogP) is 2.56. The topological polar surface area (TPSA) is 57.6 Å². The molecule has 0 spiro atoms. The van der Waals surface area contributed by atoms with Gasteiger partial charge in [-0.25, -0.2) is 9.97 Å². The van der Waals surface area contributed by atoms with Crippen molar-refractivity contribution in [3.63, 3.8) is 0 Å². The number of hydrogen-bond donors (Lipinski definition) is 0. The first-order valence-corrected chi connectivity index (χ1v) is 10.7. The van der Waals surface area contributed by atoms with Crippen LogP contribution in [0.4, 0.5) is 17.6 Å². The van der Waals surface area contributed by atoms with Gasteiger partial charge in [-0.2, -0.15) is 4.98 Å². The highest BCUT2D eigenvalue weighted by Crippen LogP contribution is 2.29. The Kier molecular flexibility index (Phi) is 4.74. The Morgan fingerprint density at radius 1 is 0.929 bits per heavy atom. The van der Waals surface area contributed by atoms with E-state index < -0.39 is 0 Å². The first kappa shape index (κ1) is 17.6. The SMILES string of the molecule is Cc1cc(N2CCN(c3nccc4sccc34)CC2)nc(N2CCOCC2)n1. The maximum atomic E-state index is 5.46. The largest absolute Gasteiger partial charge is 0.378 e. The summed E-state index contributed by atoms with van der Waals surface area (Å²) in [5, 5.41) is 3.40. The maximum Gasteiger partial charge on any atom is 0.227 e. The second-order valence-corrected chi connectivity index (χ2v) is 8.16. The molecule has 2 fully saturated rings. The number of thiophene rings is 1. The Balaban J connectivity index is 1.33. The average molecular weight is 397 g/mol. The zero-order chi connectivity index (χ0) is 18.9. The van der Waals surface area contributed by atoms with E-state index in [9.17, 15) is 0 Å². The van der Waals surface area contributed by atoms with E-state index >= 15 is 0 Å². The summed E-state index contributed by atoms with van der Waals surface area (Å²) in [6.07, 6.45) is 1.92. The monoisotopic (exact) mass is 396 g/mol. The molecule has 0 N–H and O–H groups in total. The van der Waals surface area contributed by atoms with Gasteiger partial charge in [0.2, 0.25) is 5.95 Å². The fourth-order valence-corrected chi connectivity index (χ4v) is 4.66. The number of aryl methyl sites for hydroxylation is 1. The van der Waals surface area contributed by atoms with Crippen LogP contribution >= 0.6 is 11.3 Å².